The first kappa shape index (κ1) is 35.2. The molecule has 0 amide bonds. The van der Waals surface area contributed by atoms with Crippen LogP contribution < -0.4 is 15.9 Å². The van der Waals surface area contributed by atoms with Crippen LogP contribution in [-0.2, 0) is 9.98 Å². The Kier molecular flexibility index (Phi) is 8.00. The van der Waals surface area contributed by atoms with Crippen molar-refractivity contribution in [2.24, 2.45) is 0 Å². The Morgan fingerprint density at radius 2 is 0.950 bits per heavy atom. The number of para-hydroxylation sites is 1. The van der Waals surface area contributed by atoms with Gasteiger partial charge in [0.1, 0.15) is 0 Å². The second-order valence-corrected chi connectivity index (χ2v) is 19.6. The molecule has 282 valence electrons. The van der Waals surface area contributed by atoms with E-state index in [0.717, 1.165) is 54.6 Å². The summed E-state index contributed by atoms with van der Waals surface area (Å²) in [6.45, 7) is 0. The molecule has 0 saturated heterocycles. The predicted molar refractivity (Wildman–Crippen MR) is 251 cm³/mol. The van der Waals surface area contributed by atoms with Crippen LogP contribution in [0.2, 0.25) is 0 Å². The van der Waals surface area contributed by atoms with E-state index in [-0.39, 0.29) is 0 Å². The van der Waals surface area contributed by atoms with E-state index in [4.69, 9.17) is 4.98 Å². The first-order valence-electron chi connectivity index (χ1n) is 20.4. The lowest BCUT2D eigenvalue weighted by Gasteiger charge is -2.39. The highest BCUT2D eigenvalue weighted by Gasteiger charge is 2.50. The molecule has 2 nitrogen and oxygen atoms in total. The molecular formula is C56H36NOPS. The van der Waals surface area contributed by atoms with Crippen molar-refractivity contribution >= 4 is 56.5 Å². The fraction of sp³-hybridized carbons (Fsp3) is 0.0179. The van der Waals surface area contributed by atoms with Gasteiger partial charge in [0.05, 0.1) is 16.6 Å². The maximum Gasteiger partial charge on any atom is 0.171 e. The lowest BCUT2D eigenvalue weighted by Crippen LogP contribution is -2.31. The van der Waals surface area contributed by atoms with Gasteiger partial charge < -0.3 is 4.57 Å². The second-order valence-electron chi connectivity index (χ2n) is 15.7. The molecule has 0 unspecified atom stereocenters. The van der Waals surface area contributed by atoms with E-state index in [1.165, 1.54) is 48.6 Å². The average molecular weight is 802 g/mol. The van der Waals surface area contributed by atoms with Gasteiger partial charge in [0.2, 0.25) is 0 Å². The van der Waals surface area contributed by atoms with Crippen LogP contribution in [0.15, 0.2) is 228 Å². The molecule has 2 aliphatic rings. The summed E-state index contributed by atoms with van der Waals surface area (Å²) in [4.78, 5) is 8.04. The van der Waals surface area contributed by atoms with E-state index in [2.05, 4.69) is 146 Å². The van der Waals surface area contributed by atoms with Crippen molar-refractivity contribution in [1.29, 1.82) is 0 Å². The standard InChI is InChI=1S/C56H36NOPS/c58-59(40-18-3-1-4-19-40,41-20-5-2-6-21-41)42-32-30-37(31-33-42)38-16-15-17-39(34-38)55-47-35-46-43-22-7-9-24-48(43)56(51(46)36-45(47)44-23-8-12-27-52(44)57-55)49-25-10-13-28-53(49)60-54-29-14-11-26-50(54)56/h1-36H. The largest absolute Gasteiger partial charge is 0.309 e. The Morgan fingerprint density at radius 1 is 0.383 bits per heavy atom. The average Bonchev–Trinajstić information content (AvgIpc) is 3.60. The summed E-state index contributed by atoms with van der Waals surface area (Å²) >= 11 is 1.87. The lowest BCUT2D eigenvalue weighted by atomic mass is 9.67. The summed E-state index contributed by atoms with van der Waals surface area (Å²) in [7, 11) is -3.09. The van der Waals surface area contributed by atoms with Gasteiger partial charge in [0.25, 0.3) is 0 Å². The van der Waals surface area contributed by atoms with Gasteiger partial charge in [-0.05, 0) is 86.3 Å². The number of aromatic nitrogens is 1. The number of rotatable bonds is 5. The molecule has 1 aliphatic heterocycles. The first-order valence-corrected chi connectivity index (χ1v) is 22.9. The molecule has 0 radical (unpaired) electrons. The van der Waals surface area contributed by atoms with Gasteiger partial charge in [0.15, 0.2) is 7.14 Å². The molecule has 9 aromatic carbocycles. The smallest absolute Gasteiger partial charge is 0.171 e. The van der Waals surface area contributed by atoms with Crippen LogP contribution in [0.25, 0.3) is 55.2 Å². The Bertz CT molecular complexity index is 3290. The van der Waals surface area contributed by atoms with Gasteiger partial charge in [-0.25, -0.2) is 4.98 Å². The van der Waals surface area contributed by atoms with E-state index in [0.29, 0.717) is 0 Å². The van der Waals surface area contributed by atoms with Crippen LogP contribution in [0.4, 0.5) is 0 Å². The van der Waals surface area contributed by atoms with E-state index in [1.807, 2.05) is 84.6 Å². The normalized spacial score (nSPS) is 13.5. The van der Waals surface area contributed by atoms with E-state index in [1.54, 1.807) is 0 Å². The van der Waals surface area contributed by atoms with Crippen molar-refractivity contribution in [3.63, 3.8) is 0 Å². The number of nitrogens with zero attached hydrogens (tertiary/aromatic N) is 1. The second kappa shape index (κ2) is 13.6. The van der Waals surface area contributed by atoms with Crippen molar-refractivity contribution < 1.29 is 4.57 Å². The van der Waals surface area contributed by atoms with E-state index >= 15 is 4.57 Å². The van der Waals surface area contributed by atoms with Crippen molar-refractivity contribution in [3.05, 3.63) is 241 Å². The summed E-state index contributed by atoms with van der Waals surface area (Å²) in [6, 6.07) is 77.2. The summed E-state index contributed by atoms with van der Waals surface area (Å²) in [6.07, 6.45) is 0. The molecule has 0 atom stereocenters. The van der Waals surface area contributed by atoms with Crippen molar-refractivity contribution in [3.8, 4) is 33.5 Å². The maximum atomic E-state index is 15.1. The fourth-order valence-electron chi connectivity index (χ4n) is 9.95. The van der Waals surface area contributed by atoms with Crippen molar-refractivity contribution in [1.82, 2.24) is 4.98 Å². The molecule has 1 aliphatic carbocycles. The maximum absolute atomic E-state index is 15.1. The number of pyridine rings is 1. The highest BCUT2D eigenvalue weighted by molar-refractivity contribution is 7.99. The molecule has 4 heteroatoms. The molecule has 2 heterocycles. The van der Waals surface area contributed by atoms with Gasteiger partial charge >= 0.3 is 0 Å². The van der Waals surface area contributed by atoms with Crippen LogP contribution in [-0.4, -0.2) is 4.98 Å². The fourth-order valence-corrected chi connectivity index (χ4v) is 13.8. The molecular weight excluding hydrogens is 766 g/mol. The number of hydrogen-bond acceptors (Lipinski definition) is 3. The van der Waals surface area contributed by atoms with E-state index in [9.17, 15) is 0 Å². The van der Waals surface area contributed by atoms with Gasteiger partial charge in [-0.2, -0.15) is 0 Å². The van der Waals surface area contributed by atoms with Crippen LogP contribution in [0.3, 0.4) is 0 Å². The zero-order valence-electron chi connectivity index (χ0n) is 32.5. The molecule has 1 spiro atoms. The Morgan fingerprint density at radius 3 is 1.65 bits per heavy atom. The topological polar surface area (TPSA) is 30.0 Å². The van der Waals surface area contributed by atoms with Gasteiger partial charge in [-0.3, -0.25) is 0 Å². The minimum Gasteiger partial charge on any atom is -0.309 e. The number of hydrogen-bond donors (Lipinski definition) is 0. The van der Waals surface area contributed by atoms with Crippen LogP contribution >= 0.6 is 18.9 Å². The minimum atomic E-state index is -3.09. The van der Waals surface area contributed by atoms with E-state index < -0.39 is 12.6 Å². The molecule has 0 bridgehead atoms. The molecule has 1 aromatic heterocycles. The van der Waals surface area contributed by atoms with Gasteiger partial charge in [-0.1, -0.05) is 194 Å². The summed E-state index contributed by atoms with van der Waals surface area (Å²) < 4.78 is 15.1. The Hall–Kier alpha value is -6.77. The summed E-state index contributed by atoms with van der Waals surface area (Å²) in [5.74, 6) is 0. The lowest BCUT2D eigenvalue weighted by molar-refractivity contribution is 0.592. The first-order chi connectivity index (χ1) is 29.6. The van der Waals surface area contributed by atoms with Crippen molar-refractivity contribution in [2.45, 2.75) is 15.2 Å². The highest BCUT2D eigenvalue weighted by atomic mass is 32.2. The van der Waals surface area contributed by atoms with Crippen LogP contribution in [0.5, 0.6) is 0 Å². The third-order valence-electron chi connectivity index (χ3n) is 12.6. The molecule has 0 N–H and O–H groups in total. The molecule has 10 aromatic rings. The molecule has 0 fully saturated rings. The number of fused-ring (bicyclic) bond motifs is 12. The third-order valence-corrected chi connectivity index (χ3v) is 16.8. The van der Waals surface area contributed by atoms with Crippen LogP contribution in [0, 0.1) is 0 Å². The predicted octanol–water partition coefficient (Wildman–Crippen LogP) is 13.2. The van der Waals surface area contributed by atoms with Gasteiger partial charge in [0, 0.05) is 42.0 Å². The minimum absolute atomic E-state index is 0.458. The highest BCUT2D eigenvalue weighted by Crippen LogP contribution is 2.63. The zero-order chi connectivity index (χ0) is 39.8. The Labute approximate surface area is 353 Å². The third kappa shape index (κ3) is 5.10. The van der Waals surface area contributed by atoms with Crippen LogP contribution in [0.1, 0.15) is 22.3 Å². The van der Waals surface area contributed by atoms with Gasteiger partial charge in [-0.15, -0.1) is 0 Å². The van der Waals surface area contributed by atoms with Crippen molar-refractivity contribution in [2.75, 3.05) is 0 Å². The molecule has 0 saturated carbocycles. The quantitative estimate of drug-likeness (QED) is 0.128. The monoisotopic (exact) mass is 801 g/mol. The summed E-state index contributed by atoms with van der Waals surface area (Å²) in [5, 5.41) is 5.94. The SMILES string of the molecule is O=P(c1ccccc1)(c1ccccc1)c1ccc(-c2cccc(-c3nc4ccccc4c4cc5c(cc34)-c3ccccc3C53c4ccccc4Sc4ccccc43)c2)cc1. The summed E-state index contributed by atoms with van der Waals surface area (Å²) in [5.41, 5.74) is 12.5. The zero-order valence-corrected chi connectivity index (χ0v) is 34.2. The number of benzene rings is 9. The molecule has 60 heavy (non-hydrogen) atoms. The Balaban J connectivity index is 1.05. The molecule has 12 rings (SSSR count).